The minimum Gasteiger partial charge on any atom is -0.404 e. The van der Waals surface area contributed by atoms with E-state index in [2.05, 4.69) is 26.1 Å². The van der Waals surface area contributed by atoms with Crippen molar-refractivity contribution in [3.63, 3.8) is 0 Å². The number of carbonyl (C=O) groups is 2. The molecule has 8 heteroatoms. The van der Waals surface area contributed by atoms with Gasteiger partial charge in [0.2, 0.25) is 11.8 Å². The lowest BCUT2D eigenvalue weighted by Crippen LogP contribution is -2.65. The Morgan fingerprint density at radius 1 is 1.26 bits per heavy atom. The Morgan fingerprint density at radius 3 is 2.74 bits per heavy atom. The summed E-state index contributed by atoms with van der Waals surface area (Å²) in [7, 11) is -0.413. The zero-order valence-corrected chi connectivity index (χ0v) is 16.6. The van der Waals surface area contributed by atoms with E-state index < -0.39 is 13.2 Å². The highest BCUT2D eigenvalue weighted by molar-refractivity contribution is 6.48. The summed E-state index contributed by atoms with van der Waals surface area (Å²) in [5.41, 5.74) is 0.0139. The van der Waals surface area contributed by atoms with Crippen molar-refractivity contribution in [2.75, 3.05) is 6.61 Å². The fourth-order valence-corrected chi connectivity index (χ4v) is 6.41. The molecule has 3 heterocycles. The first kappa shape index (κ1) is 17.9. The number of ether oxygens (including phenoxy) is 1. The fourth-order valence-electron chi connectivity index (χ4n) is 6.41. The predicted molar refractivity (Wildman–Crippen MR) is 97.3 cm³/mol. The van der Waals surface area contributed by atoms with Gasteiger partial charge < -0.3 is 24.3 Å². The van der Waals surface area contributed by atoms with Crippen LogP contribution in [-0.2, 0) is 23.6 Å². The number of nitrogens with one attached hydrogen (secondary N) is 1. The predicted octanol–water partition coefficient (Wildman–Crippen LogP) is 1.11. The molecule has 27 heavy (non-hydrogen) atoms. The zero-order chi connectivity index (χ0) is 19.1. The average molecular weight is 376 g/mol. The lowest BCUT2D eigenvalue weighted by molar-refractivity contribution is -0.199. The standard InChI is InChI=1S/C19H29BN2O5/c1-10(23)21-12-9-25-16-6-5-15(22(16)17(12)24)20-26-14-8-11-7-13(18(11,2)3)19(14,4)27-20/h11-16H,5-9H2,1-4H3,(H,21,23)/t11-,12-,13-,14+,15-,16-,19-/m0/s1. The monoisotopic (exact) mass is 376 g/mol. The molecule has 3 aliphatic heterocycles. The molecule has 0 unspecified atom stereocenters. The van der Waals surface area contributed by atoms with Crippen LogP contribution in [0, 0.1) is 17.3 Å². The highest BCUT2D eigenvalue weighted by Crippen LogP contribution is 2.66. The van der Waals surface area contributed by atoms with Crippen LogP contribution in [0.3, 0.4) is 0 Å². The number of carbonyl (C=O) groups excluding carboxylic acids is 2. The molecule has 0 radical (unpaired) electrons. The zero-order valence-electron chi connectivity index (χ0n) is 16.6. The van der Waals surface area contributed by atoms with Crippen LogP contribution in [0.5, 0.6) is 0 Å². The van der Waals surface area contributed by atoms with E-state index in [1.165, 1.54) is 13.3 Å². The summed E-state index contributed by atoms with van der Waals surface area (Å²) in [4.78, 5) is 26.2. The number of hydrogen-bond donors (Lipinski definition) is 1. The smallest absolute Gasteiger partial charge is 0.404 e. The molecule has 0 aromatic rings. The maximum absolute atomic E-state index is 13.0. The van der Waals surface area contributed by atoms with Gasteiger partial charge in [0.05, 0.1) is 24.3 Å². The third-order valence-electron chi connectivity index (χ3n) is 8.05. The third kappa shape index (κ3) is 2.39. The molecule has 2 amide bonds. The molecular weight excluding hydrogens is 347 g/mol. The van der Waals surface area contributed by atoms with E-state index in [-0.39, 0.29) is 42.3 Å². The van der Waals surface area contributed by atoms with Crippen LogP contribution in [-0.4, -0.2) is 60.4 Å². The normalized spacial score (nSPS) is 47.3. The van der Waals surface area contributed by atoms with Crippen molar-refractivity contribution < 1.29 is 23.6 Å². The van der Waals surface area contributed by atoms with Gasteiger partial charge in [-0.05, 0) is 49.9 Å². The van der Waals surface area contributed by atoms with Gasteiger partial charge in [-0.1, -0.05) is 13.8 Å². The Bertz CT molecular complexity index is 687. The van der Waals surface area contributed by atoms with E-state index in [1.807, 2.05) is 0 Å². The van der Waals surface area contributed by atoms with Crippen LogP contribution in [0.15, 0.2) is 0 Å². The van der Waals surface area contributed by atoms with E-state index in [1.54, 1.807) is 4.90 Å². The Morgan fingerprint density at radius 2 is 2.04 bits per heavy atom. The molecule has 0 aromatic heterocycles. The van der Waals surface area contributed by atoms with Crippen molar-refractivity contribution in [2.45, 2.75) is 83.3 Å². The Hall–Kier alpha value is -1.12. The van der Waals surface area contributed by atoms with Crippen molar-refractivity contribution in [1.29, 1.82) is 0 Å². The summed E-state index contributed by atoms with van der Waals surface area (Å²) in [6.07, 6.45) is 3.69. The lowest BCUT2D eigenvalue weighted by Gasteiger charge is -2.64. The molecule has 7 nitrogen and oxygen atoms in total. The minimum absolute atomic E-state index is 0.0826. The van der Waals surface area contributed by atoms with E-state index in [4.69, 9.17) is 14.0 Å². The number of nitrogens with zero attached hydrogens (tertiary/aromatic N) is 1. The Labute approximate surface area is 160 Å². The molecule has 3 aliphatic carbocycles. The Kier molecular flexibility index (Phi) is 3.79. The second-order valence-corrected chi connectivity index (χ2v) is 9.77. The van der Waals surface area contributed by atoms with Crippen molar-refractivity contribution in [2.24, 2.45) is 17.3 Å². The molecular formula is C19H29BN2O5. The van der Waals surface area contributed by atoms with Gasteiger partial charge in [0, 0.05) is 6.92 Å². The molecule has 3 saturated carbocycles. The molecule has 6 rings (SSSR count). The molecule has 3 saturated heterocycles. The van der Waals surface area contributed by atoms with E-state index in [0.29, 0.717) is 17.3 Å². The largest absolute Gasteiger partial charge is 0.482 e. The van der Waals surface area contributed by atoms with Gasteiger partial charge in [-0.2, -0.15) is 0 Å². The summed E-state index contributed by atoms with van der Waals surface area (Å²) < 4.78 is 18.8. The average Bonchev–Trinajstić information content (AvgIpc) is 3.17. The maximum Gasteiger partial charge on any atom is 0.482 e. The van der Waals surface area contributed by atoms with Crippen molar-refractivity contribution in [3.05, 3.63) is 0 Å². The van der Waals surface area contributed by atoms with E-state index in [0.717, 1.165) is 19.3 Å². The van der Waals surface area contributed by atoms with Gasteiger partial charge in [0.1, 0.15) is 12.3 Å². The van der Waals surface area contributed by atoms with Crippen molar-refractivity contribution in [3.8, 4) is 0 Å². The summed E-state index contributed by atoms with van der Waals surface area (Å²) >= 11 is 0. The van der Waals surface area contributed by atoms with Crippen LogP contribution in [0.1, 0.15) is 53.4 Å². The molecule has 0 spiro atoms. The lowest BCUT2D eigenvalue weighted by atomic mass is 9.43. The van der Waals surface area contributed by atoms with Crippen molar-refractivity contribution >= 4 is 18.9 Å². The summed E-state index contributed by atoms with van der Waals surface area (Å²) in [5.74, 6) is 0.738. The maximum atomic E-state index is 13.0. The molecule has 0 aromatic carbocycles. The van der Waals surface area contributed by atoms with E-state index in [9.17, 15) is 9.59 Å². The van der Waals surface area contributed by atoms with Crippen LogP contribution in [0.25, 0.3) is 0 Å². The van der Waals surface area contributed by atoms with Crippen LogP contribution in [0.2, 0.25) is 0 Å². The minimum atomic E-state index is -0.620. The van der Waals surface area contributed by atoms with Gasteiger partial charge in [-0.15, -0.1) is 0 Å². The first-order valence-corrected chi connectivity index (χ1v) is 10.3. The van der Waals surface area contributed by atoms with Gasteiger partial charge in [0.15, 0.2) is 0 Å². The van der Waals surface area contributed by atoms with Crippen molar-refractivity contribution in [1.82, 2.24) is 10.2 Å². The SMILES string of the molecule is CC(=O)N[C@H]1CO[C@H]2CC[C@@H](B3O[C@@H]4C[C@@H]5C[C@@H](C5(C)C)[C@]4(C)O3)N2C1=O. The number of amides is 2. The summed E-state index contributed by atoms with van der Waals surface area (Å²) in [6, 6.07) is -0.620. The van der Waals surface area contributed by atoms with E-state index >= 15 is 0 Å². The molecule has 6 fully saturated rings. The summed E-state index contributed by atoms with van der Waals surface area (Å²) in [5, 5.41) is 2.70. The first-order chi connectivity index (χ1) is 12.7. The first-order valence-electron chi connectivity index (χ1n) is 10.3. The third-order valence-corrected chi connectivity index (χ3v) is 8.05. The molecule has 148 valence electrons. The summed E-state index contributed by atoms with van der Waals surface area (Å²) in [6.45, 7) is 8.53. The van der Waals surface area contributed by atoms with Gasteiger partial charge >= 0.3 is 7.12 Å². The van der Waals surface area contributed by atoms with Crippen LogP contribution < -0.4 is 5.32 Å². The highest BCUT2D eigenvalue weighted by atomic mass is 16.7. The number of fused-ring (bicyclic) bond motifs is 1. The van der Waals surface area contributed by atoms with Crippen LogP contribution >= 0.6 is 0 Å². The molecule has 1 N–H and O–H groups in total. The highest BCUT2D eigenvalue weighted by Gasteiger charge is 2.69. The number of hydrogen-bond acceptors (Lipinski definition) is 5. The van der Waals surface area contributed by atoms with Gasteiger partial charge in [0.25, 0.3) is 0 Å². The topological polar surface area (TPSA) is 77.1 Å². The second-order valence-electron chi connectivity index (χ2n) is 9.77. The molecule has 6 aliphatic rings. The van der Waals surface area contributed by atoms with Gasteiger partial charge in [-0.3, -0.25) is 9.59 Å². The molecule has 7 atom stereocenters. The molecule has 2 bridgehead atoms. The fraction of sp³-hybridized carbons (Fsp3) is 0.895. The number of rotatable bonds is 2. The van der Waals surface area contributed by atoms with Crippen LogP contribution in [0.4, 0.5) is 0 Å². The quantitative estimate of drug-likeness (QED) is 0.731. The second kappa shape index (κ2) is 5.70. The Balaban J connectivity index is 1.35. The van der Waals surface area contributed by atoms with Gasteiger partial charge in [-0.25, -0.2) is 0 Å².